The van der Waals surface area contributed by atoms with Crippen LogP contribution < -0.4 is 25.0 Å². The SMILES string of the molecule is COc1ccc(OC)c(N2C(=O)C(Cl)=C(Nc3ccc(C(=O)Nc4ccccc4Br)cc3)C2=O)c1. The standard InChI is InChI=1S/C25H19BrClN3O5/c1-34-16-11-12-20(35-2)19(13-16)30-24(32)21(27)22(25(30)33)28-15-9-7-14(8-10-15)23(31)29-18-6-4-3-5-17(18)26/h3-13,28H,1-2H3,(H,29,31). The lowest BCUT2D eigenvalue weighted by Gasteiger charge is -2.19. The summed E-state index contributed by atoms with van der Waals surface area (Å²) in [6, 6.07) is 18.4. The molecule has 0 bridgehead atoms. The van der Waals surface area contributed by atoms with Gasteiger partial charge in [0.1, 0.15) is 22.2 Å². The predicted molar refractivity (Wildman–Crippen MR) is 137 cm³/mol. The van der Waals surface area contributed by atoms with Gasteiger partial charge in [-0.3, -0.25) is 14.4 Å². The summed E-state index contributed by atoms with van der Waals surface area (Å²) in [6.07, 6.45) is 0. The Kier molecular flexibility index (Phi) is 7.09. The highest BCUT2D eigenvalue weighted by molar-refractivity contribution is 9.10. The van der Waals surface area contributed by atoms with Crippen molar-refractivity contribution in [2.45, 2.75) is 0 Å². The number of nitrogens with one attached hydrogen (secondary N) is 2. The van der Waals surface area contributed by atoms with Crippen molar-refractivity contribution in [2.75, 3.05) is 29.8 Å². The van der Waals surface area contributed by atoms with Gasteiger partial charge in [0.05, 0.1) is 25.6 Å². The number of carbonyl (C=O) groups excluding carboxylic acids is 3. The van der Waals surface area contributed by atoms with E-state index in [9.17, 15) is 14.4 Å². The summed E-state index contributed by atoms with van der Waals surface area (Å²) in [5, 5.41) is 5.44. The van der Waals surface area contributed by atoms with Crippen molar-refractivity contribution in [1.82, 2.24) is 0 Å². The number of amides is 3. The zero-order valence-corrected chi connectivity index (χ0v) is 20.9. The van der Waals surface area contributed by atoms with Gasteiger partial charge in [0.15, 0.2) is 0 Å². The summed E-state index contributed by atoms with van der Waals surface area (Å²) in [6.45, 7) is 0. The summed E-state index contributed by atoms with van der Waals surface area (Å²) < 4.78 is 11.3. The number of para-hydroxylation sites is 1. The second-order valence-electron chi connectivity index (χ2n) is 7.31. The molecule has 3 aromatic carbocycles. The molecule has 0 atom stereocenters. The molecular weight excluding hydrogens is 538 g/mol. The normalized spacial score (nSPS) is 13.2. The number of anilines is 3. The van der Waals surface area contributed by atoms with Gasteiger partial charge >= 0.3 is 0 Å². The van der Waals surface area contributed by atoms with Gasteiger partial charge in [-0.15, -0.1) is 0 Å². The fourth-order valence-electron chi connectivity index (χ4n) is 3.41. The molecule has 178 valence electrons. The molecule has 1 heterocycles. The smallest absolute Gasteiger partial charge is 0.283 e. The van der Waals surface area contributed by atoms with Crippen LogP contribution in [0.15, 0.2) is 81.9 Å². The zero-order valence-electron chi connectivity index (χ0n) is 18.6. The summed E-state index contributed by atoms with van der Waals surface area (Å²) in [5.74, 6) is -0.907. The Labute approximate surface area is 214 Å². The number of carbonyl (C=O) groups is 3. The maximum absolute atomic E-state index is 13.1. The highest BCUT2D eigenvalue weighted by Crippen LogP contribution is 2.38. The summed E-state index contributed by atoms with van der Waals surface area (Å²) in [7, 11) is 2.90. The highest BCUT2D eigenvalue weighted by atomic mass is 79.9. The summed E-state index contributed by atoms with van der Waals surface area (Å²) in [5.41, 5.74) is 1.63. The highest BCUT2D eigenvalue weighted by Gasteiger charge is 2.40. The molecule has 0 spiro atoms. The molecule has 35 heavy (non-hydrogen) atoms. The fourth-order valence-corrected chi connectivity index (χ4v) is 4.00. The van der Waals surface area contributed by atoms with Crippen LogP contribution >= 0.6 is 27.5 Å². The first-order valence-electron chi connectivity index (χ1n) is 10.3. The Morgan fingerprint density at radius 1 is 0.943 bits per heavy atom. The van der Waals surface area contributed by atoms with Gasteiger partial charge in [-0.25, -0.2) is 4.90 Å². The number of methoxy groups -OCH3 is 2. The Morgan fingerprint density at radius 2 is 1.66 bits per heavy atom. The third-order valence-corrected chi connectivity index (χ3v) is 6.23. The molecule has 1 aliphatic heterocycles. The van der Waals surface area contributed by atoms with Crippen LogP contribution in [0.25, 0.3) is 0 Å². The Hall–Kier alpha value is -3.82. The summed E-state index contributed by atoms with van der Waals surface area (Å²) >= 11 is 9.63. The van der Waals surface area contributed by atoms with Crippen LogP contribution in [0.2, 0.25) is 0 Å². The maximum atomic E-state index is 13.1. The monoisotopic (exact) mass is 555 g/mol. The van der Waals surface area contributed by atoms with E-state index in [1.54, 1.807) is 42.5 Å². The van der Waals surface area contributed by atoms with Crippen LogP contribution in [-0.2, 0) is 9.59 Å². The van der Waals surface area contributed by atoms with E-state index in [4.69, 9.17) is 21.1 Å². The van der Waals surface area contributed by atoms with E-state index in [1.807, 2.05) is 18.2 Å². The molecule has 0 unspecified atom stereocenters. The Balaban J connectivity index is 1.53. The molecule has 0 radical (unpaired) electrons. The van der Waals surface area contributed by atoms with E-state index in [-0.39, 0.29) is 22.3 Å². The van der Waals surface area contributed by atoms with Crippen molar-refractivity contribution in [2.24, 2.45) is 0 Å². The number of rotatable bonds is 7. The van der Waals surface area contributed by atoms with Crippen LogP contribution in [0.5, 0.6) is 11.5 Å². The van der Waals surface area contributed by atoms with Crippen molar-refractivity contribution in [3.05, 3.63) is 87.5 Å². The minimum Gasteiger partial charge on any atom is -0.497 e. The number of ether oxygens (including phenoxy) is 2. The first-order chi connectivity index (χ1) is 16.8. The van der Waals surface area contributed by atoms with Gasteiger partial charge in [0, 0.05) is 21.8 Å². The van der Waals surface area contributed by atoms with Crippen LogP contribution in [-0.4, -0.2) is 31.9 Å². The van der Waals surface area contributed by atoms with E-state index >= 15 is 0 Å². The second-order valence-corrected chi connectivity index (χ2v) is 8.54. The molecule has 4 rings (SSSR count). The van der Waals surface area contributed by atoms with Gasteiger partial charge in [0.2, 0.25) is 0 Å². The third-order valence-electron chi connectivity index (χ3n) is 5.19. The Morgan fingerprint density at radius 3 is 2.31 bits per heavy atom. The van der Waals surface area contributed by atoms with Gasteiger partial charge in [-0.2, -0.15) is 0 Å². The number of hydrogen-bond donors (Lipinski definition) is 2. The van der Waals surface area contributed by atoms with Crippen molar-refractivity contribution < 1.29 is 23.9 Å². The predicted octanol–water partition coefficient (Wildman–Crippen LogP) is 5.15. The van der Waals surface area contributed by atoms with Gasteiger partial charge < -0.3 is 20.1 Å². The Bertz CT molecular complexity index is 1360. The van der Waals surface area contributed by atoms with E-state index in [0.29, 0.717) is 28.4 Å². The molecule has 1 aliphatic rings. The topological polar surface area (TPSA) is 97.0 Å². The van der Waals surface area contributed by atoms with Crippen molar-refractivity contribution >= 4 is 62.3 Å². The van der Waals surface area contributed by atoms with Gasteiger partial charge in [-0.1, -0.05) is 23.7 Å². The van der Waals surface area contributed by atoms with Crippen molar-refractivity contribution in [3.8, 4) is 11.5 Å². The lowest BCUT2D eigenvalue weighted by atomic mass is 10.2. The van der Waals surface area contributed by atoms with Crippen LogP contribution in [0.3, 0.4) is 0 Å². The number of halogens is 2. The molecule has 2 N–H and O–H groups in total. The quantitative estimate of drug-likeness (QED) is 0.391. The molecule has 0 aliphatic carbocycles. The van der Waals surface area contributed by atoms with E-state index < -0.39 is 11.8 Å². The molecule has 0 saturated heterocycles. The van der Waals surface area contributed by atoms with E-state index in [2.05, 4.69) is 26.6 Å². The van der Waals surface area contributed by atoms with Crippen LogP contribution in [0.4, 0.5) is 17.1 Å². The minimum atomic E-state index is -0.699. The largest absolute Gasteiger partial charge is 0.497 e. The average molecular weight is 557 g/mol. The average Bonchev–Trinajstić information content (AvgIpc) is 3.08. The van der Waals surface area contributed by atoms with E-state index in [0.717, 1.165) is 9.37 Å². The molecule has 3 amide bonds. The maximum Gasteiger partial charge on any atom is 0.283 e. The molecular formula is C25H19BrClN3O5. The van der Waals surface area contributed by atoms with E-state index in [1.165, 1.54) is 20.3 Å². The number of hydrogen-bond acceptors (Lipinski definition) is 6. The second kappa shape index (κ2) is 10.2. The fraction of sp³-hybridized carbons (Fsp3) is 0.0800. The molecule has 8 nitrogen and oxygen atoms in total. The van der Waals surface area contributed by atoms with Gasteiger partial charge in [-0.05, 0) is 64.5 Å². The number of imide groups is 1. The summed E-state index contributed by atoms with van der Waals surface area (Å²) in [4.78, 5) is 39.5. The first kappa shape index (κ1) is 24.3. The lowest BCUT2D eigenvalue weighted by molar-refractivity contribution is -0.120. The zero-order chi connectivity index (χ0) is 25.1. The molecule has 0 aromatic heterocycles. The van der Waals surface area contributed by atoms with Crippen LogP contribution in [0.1, 0.15) is 10.4 Å². The number of nitrogens with zero attached hydrogens (tertiary/aromatic N) is 1. The minimum absolute atomic E-state index is 0.0908. The third kappa shape index (κ3) is 4.87. The van der Waals surface area contributed by atoms with Gasteiger partial charge in [0.25, 0.3) is 17.7 Å². The number of benzene rings is 3. The molecule has 3 aromatic rings. The first-order valence-corrected chi connectivity index (χ1v) is 11.4. The molecule has 10 heteroatoms. The molecule has 0 saturated carbocycles. The van der Waals surface area contributed by atoms with Crippen molar-refractivity contribution in [1.29, 1.82) is 0 Å². The lowest BCUT2D eigenvalue weighted by Crippen LogP contribution is -2.32. The van der Waals surface area contributed by atoms with Crippen LogP contribution in [0, 0.1) is 0 Å². The van der Waals surface area contributed by atoms with Crippen molar-refractivity contribution in [3.63, 3.8) is 0 Å². The molecule has 0 fully saturated rings.